The highest BCUT2D eigenvalue weighted by molar-refractivity contribution is 6.34. The molecule has 8 heteroatoms. The van der Waals surface area contributed by atoms with Gasteiger partial charge in [-0.3, -0.25) is 4.79 Å². The number of nitrogens with zero attached hydrogens (tertiary/aromatic N) is 1. The van der Waals surface area contributed by atoms with Crippen LogP contribution in [0, 0.1) is 0 Å². The zero-order valence-electron chi connectivity index (χ0n) is 13.8. The van der Waals surface area contributed by atoms with Gasteiger partial charge in [0, 0.05) is 5.39 Å². The van der Waals surface area contributed by atoms with Crippen molar-refractivity contribution in [2.75, 3.05) is 6.61 Å². The predicted molar refractivity (Wildman–Crippen MR) is 95.5 cm³/mol. The van der Waals surface area contributed by atoms with Crippen LogP contribution >= 0.6 is 11.6 Å². The molecule has 1 unspecified atom stereocenters. The molecule has 140 valence electrons. The number of carbonyl (C=O) groups is 1. The summed E-state index contributed by atoms with van der Waals surface area (Å²) >= 11 is 6.10. The first kappa shape index (κ1) is 19.1. The molecule has 0 fully saturated rings. The van der Waals surface area contributed by atoms with Crippen molar-refractivity contribution in [2.45, 2.75) is 12.2 Å². The van der Waals surface area contributed by atoms with E-state index in [0.717, 1.165) is 12.1 Å². The second kappa shape index (κ2) is 7.54. The van der Waals surface area contributed by atoms with Crippen molar-refractivity contribution in [3.05, 3.63) is 76.6 Å². The number of alkyl halides is 3. The molecule has 3 aromatic rings. The average molecular weight is 395 g/mol. The fraction of sp³-hybridized carbons (Fsp3) is 0.158. The zero-order chi connectivity index (χ0) is 19.6. The third-order valence-corrected chi connectivity index (χ3v) is 4.32. The molecule has 0 radical (unpaired) electrons. The summed E-state index contributed by atoms with van der Waals surface area (Å²) in [6, 6.07) is 12.0. The number of aromatic nitrogens is 1. The zero-order valence-corrected chi connectivity index (χ0v) is 14.6. The van der Waals surface area contributed by atoms with E-state index in [1.165, 1.54) is 18.2 Å². The first-order valence-corrected chi connectivity index (χ1v) is 8.31. The molecule has 0 saturated carbocycles. The molecule has 0 aliphatic carbocycles. The van der Waals surface area contributed by atoms with Crippen molar-refractivity contribution in [1.82, 2.24) is 10.3 Å². The largest absolute Gasteiger partial charge is 0.416 e. The van der Waals surface area contributed by atoms with Crippen molar-refractivity contribution in [3.8, 4) is 0 Å². The van der Waals surface area contributed by atoms with Gasteiger partial charge in [-0.2, -0.15) is 13.2 Å². The van der Waals surface area contributed by atoms with Crippen LogP contribution in [0.15, 0.2) is 54.6 Å². The van der Waals surface area contributed by atoms with Crippen LogP contribution < -0.4 is 5.32 Å². The molecule has 0 bridgehead atoms. The molecule has 1 atom stereocenters. The van der Waals surface area contributed by atoms with Crippen molar-refractivity contribution < 1.29 is 23.1 Å². The number of aliphatic hydroxyl groups excluding tert-OH is 1. The van der Waals surface area contributed by atoms with E-state index in [4.69, 9.17) is 11.6 Å². The summed E-state index contributed by atoms with van der Waals surface area (Å²) in [5.41, 5.74) is -0.726. The fourth-order valence-electron chi connectivity index (χ4n) is 2.67. The lowest BCUT2D eigenvalue weighted by Gasteiger charge is -2.18. The third kappa shape index (κ3) is 4.20. The fourth-order valence-corrected chi connectivity index (χ4v) is 2.93. The Labute approximate surface area is 157 Å². The first-order valence-electron chi connectivity index (χ1n) is 7.94. The normalized spacial score (nSPS) is 12.8. The van der Waals surface area contributed by atoms with Gasteiger partial charge >= 0.3 is 6.18 Å². The minimum absolute atomic E-state index is 0.00382. The van der Waals surface area contributed by atoms with Crippen molar-refractivity contribution in [2.24, 2.45) is 0 Å². The van der Waals surface area contributed by atoms with Crippen LogP contribution in [0.1, 0.15) is 27.7 Å². The minimum atomic E-state index is -4.52. The number of pyridine rings is 1. The number of amides is 1. The lowest BCUT2D eigenvalue weighted by atomic mass is 10.0. The Morgan fingerprint density at radius 2 is 1.89 bits per heavy atom. The van der Waals surface area contributed by atoms with Gasteiger partial charge in [0.1, 0.15) is 10.8 Å². The smallest absolute Gasteiger partial charge is 0.394 e. The highest BCUT2D eigenvalue weighted by Gasteiger charge is 2.31. The number of halogens is 4. The van der Waals surface area contributed by atoms with Crippen LogP contribution in [0.4, 0.5) is 13.2 Å². The maximum atomic E-state index is 12.9. The number of benzene rings is 2. The molecule has 1 aromatic heterocycles. The van der Waals surface area contributed by atoms with Gasteiger partial charge in [-0.05, 0) is 29.1 Å². The maximum absolute atomic E-state index is 12.9. The molecule has 0 spiro atoms. The van der Waals surface area contributed by atoms with E-state index in [1.54, 1.807) is 24.3 Å². The van der Waals surface area contributed by atoms with Crippen LogP contribution in [-0.4, -0.2) is 22.6 Å². The van der Waals surface area contributed by atoms with Crippen LogP contribution in [0.2, 0.25) is 5.15 Å². The van der Waals surface area contributed by atoms with Crippen molar-refractivity contribution in [3.63, 3.8) is 0 Å². The molecule has 0 aliphatic heterocycles. The highest BCUT2D eigenvalue weighted by atomic mass is 35.5. The molecule has 2 aromatic carbocycles. The summed E-state index contributed by atoms with van der Waals surface area (Å²) in [5.74, 6) is -0.654. The van der Waals surface area contributed by atoms with E-state index in [-0.39, 0.29) is 16.4 Å². The molecule has 1 amide bonds. The minimum Gasteiger partial charge on any atom is -0.394 e. The number of hydrogen-bond donors (Lipinski definition) is 2. The Morgan fingerprint density at radius 3 is 2.59 bits per heavy atom. The highest BCUT2D eigenvalue weighted by Crippen LogP contribution is 2.31. The summed E-state index contributed by atoms with van der Waals surface area (Å²) in [4.78, 5) is 16.5. The molecule has 0 saturated heterocycles. The van der Waals surface area contributed by atoms with E-state index in [0.29, 0.717) is 10.8 Å². The summed E-state index contributed by atoms with van der Waals surface area (Å²) in [5, 5.41) is 13.6. The number of aliphatic hydroxyl groups is 1. The van der Waals surface area contributed by atoms with Gasteiger partial charge in [0.05, 0.1) is 18.2 Å². The van der Waals surface area contributed by atoms with Crippen molar-refractivity contribution >= 4 is 28.3 Å². The Hall–Kier alpha value is -2.64. The average Bonchev–Trinajstić information content (AvgIpc) is 2.65. The third-order valence-electron chi connectivity index (χ3n) is 4.03. The van der Waals surface area contributed by atoms with Gasteiger partial charge in [-0.1, -0.05) is 48.0 Å². The van der Waals surface area contributed by atoms with Crippen LogP contribution in [0.3, 0.4) is 0 Å². The van der Waals surface area contributed by atoms with Gasteiger partial charge in [0.25, 0.3) is 5.91 Å². The van der Waals surface area contributed by atoms with E-state index in [9.17, 15) is 23.1 Å². The van der Waals surface area contributed by atoms with Gasteiger partial charge in [0.2, 0.25) is 0 Å². The Balaban J connectivity index is 1.88. The molecule has 3 rings (SSSR count). The van der Waals surface area contributed by atoms with Gasteiger partial charge < -0.3 is 10.4 Å². The van der Waals surface area contributed by atoms with E-state index >= 15 is 0 Å². The predicted octanol–water partition coefficient (Wildman–Crippen LogP) is 4.37. The lowest BCUT2D eigenvalue weighted by Crippen LogP contribution is -2.31. The maximum Gasteiger partial charge on any atom is 0.416 e. The SMILES string of the molecule is O=C(NC(CO)c1cccc(C(F)(F)F)c1)c1cc2ccccc2c(Cl)n1. The van der Waals surface area contributed by atoms with Crippen LogP contribution in [0.25, 0.3) is 10.8 Å². The molecule has 2 N–H and O–H groups in total. The topological polar surface area (TPSA) is 62.2 Å². The molecule has 27 heavy (non-hydrogen) atoms. The standard InChI is InChI=1S/C19H14ClF3N2O2/c20-17-14-7-2-1-4-11(14)9-15(24-17)18(27)25-16(10-26)12-5-3-6-13(8-12)19(21,22)23/h1-9,16,26H,10H2,(H,25,27). The Morgan fingerprint density at radius 1 is 1.15 bits per heavy atom. The second-order valence-corrected chi connectivity index (χ2v) is 6.21. The Bertz CT molecular complexity index is 992. The molecular weight excluding hydrogens is 381 g/mol. The number of rotatable bonds is 4. The summed E-state index contributed by atoms with van der Waals surface area (Å²) < 4.78 is 38.6. The first-order chi connectivity index (χ1) is 12.8. The summed E-state index contributed by atoms with van der Waals surface area (Å²) in [7, 11) is 0. The van der Waals surface area contributed by atoms with E-state index < -0.39 is 30.3 Å². The van der Waals surface area contributed by atoms with Crippen LogP contribution in [-0.2, 0) is 6.18 Å². The summed E-state index contributed by atoms with van der Waals surface area (Å²) in [6.45, 7) is -0.575. The molecular formula is C19H14ClF3N2O2. The van der Waals surface area contributed by atoms with Gasteiger partial charge in [-0.25, -0.2) is 4.98 Å². The molecule has 4 nitrogen and oxygen atoms in total. The summed E-state index contributed by atoms with van der Waals surface area (Å²) in [6.07, 6.45) is -4.52. The second-order valence-electron chi connectivity index (χ2n) is 5.85. The number of fused-ring (bicyclic) bond motifs is 1. The van der Waals surface area contributed by atoms with Crippen LogP contribution in [0.5, 0.6) is 0 Å². The molecule has 1 heterocycles. The van der Waals surface area contributed by atoms with Gasteiger partial charge in [0.15, 0.2) is 0 Å². The van der Waals surface area contributed by atoms with Gasteiger partial charge in [-0.15, -0.1) is 0 Å². The van der Waals surface area contributed by atoms with E-state index in [2.05, 4.69) is 10.3 Å². The van der Waals surface area contributed by atoms with Crippen molar-refractivity contribution in [1.29, 1.82) is 0 Å². The number of hydrogen-bond acceptors (Lipinski definition) is 3. The monoisotopic (exact) mass is 394 g/mol. The lowest BCUT2D eigenvalue weighted by molar-refractivity contribution is -0.137. The Kier molecular flexibility index (Phi) is 5.34. The quantitative estimate of drug-likeness (QED) is 0.646. The number of carbonyl (C=O) groups excluding carboxylic acids is 1. The molecule has 0 aliphatic rings. The number of nitrogens with one attached hydrogen (secondary N) is 1. The van der Waals surface area contributed by atoms with E-state index in [1.807, 2.05) is 0 Å².